The van der Waals surface area contributed by atoms with Gasteiger partial charge in [-0.15, -0.1) is 0 Å². The number of nitrogens with zero attached hydrogens (tertiary/aromatic N) is 3. The van der Waals surface area contributed by atoms with Crippen LogP contribution in [0, 0.1) is 11.3 Å². The summed E-state index contributed by atoms with van der Waals surface area (Å²) in [7, 11) is 4.98. The van der Waals surface area contributed by atoms with E-state index in [2.05, 4.69) is 11.1 Å². The number of hydrogen-bond donors (Lipinski definition) is 0. The summed E-state index contributed by atoms with van der Waals surface area (Å²) in [5, 5.41) is 9.59. The first kappa shape index (κ1) is 18.5. The number of ketones is 1. The highest BCUT2D eigenvalue weighted by molar-refractivity contribution is 5.89. The molecule has 138 valence electrons. The van der Waals surface area contributed by atoms with Crippen molar-refractivity contribution < 1.29 is 14.3 Å². The van der Waals surface area contributed by atoms with E-state index in [4.69, 9.17) is 9.47 Å². The van der Waals surface area contributed by atoms with Gasteiger partial charge in [-0.05, 0) is 36.2 Å². The molecule has 0 aliphatic carbocycles. The van der Waals surface area contributed by atoms with Crippen LogP contribution >= 0.6 is 0 Å². The lowest BCUT2D eigenvalue weighted by Crippen LogP contribution is -2.16. The summed E-state index contributed by atoms with van der Waals surface area (Å²) in [6, 6.07) is 15.3. The Labute approximate surface area is 158 Å². The van der Waals surface area contributed by atoms with Crippen molar-refractivity contribution in [3.8, 4) is 17.6 Å². The third-order valence-corrected chi connectivity index (χ3v) is 4.64. The molecule has 0 saturated heterocycles. The average Bonchev–Trinajstić information content (AvgIpc) is 3.03. The van der Waals surface area contributed by atoms with E-state index >= 15 is 0 Å². The maximum atomic E-state index is 12.7. The lowest BCUT2D eigenvalue weighted by atomic mass is 9.98. The summed E-state index contributed by atoms with van der Waals surface area (Å²) < 4.78 is 12.3. The highest BCUT2D eigenvalue weighted by atomic mass is 16.5. The number of carbonyl (C=O) groups excluding carboxylic acids is 1. The second kappa shape index (κ2) is 7.92. The largest absolute Gasteiger partial charge is 0.493 e. The fourth-order valence-corrected chi connectivity index (χ4v) is 3.14. The first-order chi connectivity index (χ1) is 13.1. The molecule has 0 bridgehead atoms. The van der Waals surface area contributed by atoms with Crippen molar-refractivity contribution in [1.29, 1.82) is 5.26 Å². The van der Waals surface area contributed by atoms with E-state index in [1.165, 1.54) is 0 Å². The summed E-state index contributed by atoms with van der Waals surface area (Å²) in [5.74, 6) is 0.709. The number of benzene rings is 2. The van der Waals surface area contributed by atoms with Gasteiger partial charge in [0.2, 0.25) is 0 Å². The Balaban J connectivity index is 1.78. The molecule has 6 heteroatoms. The van der Waals surface area contributed by atoms with Gasteiger partial charge in [-0.1, -0.05) is 18.2 Å². The van der Waals surface area contributed by atoms with E-state index in [1.807, 2.05) is 54.1 Å². The van der Waals surface area contributed by atoms with Gasteiger partial charge in [0, 0.05) is 13.5 Å². The van der Waals surface area contributed by atoms with Gasteiger partial charge >= 0.3 is 0 Å². The van der Waals surface area contributed by atoms with Crippen LogP contribution in [0.25, 0.3) is 11.0 Å². The van der Waals surface area contributed by atoms with Gasteiger partial charge in [-0.3, -0.25) is 4.79 Å². The topological polar surface area (TPSA) is 77.1 Å². The average molecular weight is 363 g/mol. The molecule has 6 nitrogen and oxygen atoms in total. The lowest BCUT2D eigenvalue weighted by Gasteiger charge is -2.11. The number of rotatable bonds is 7. The number of imidazole rings is 1. The minimum atomic E-state index is -0.887. The summed E-state index contributed by atoms with van der Waals surface area (Å²) in [4.78, 5) is 17.2. The van der Waals surface area contributed by atoms with Gasteiger partial charge in [0.1, 0.15) is 5.82 Å². The zero-order valence-corrected chi connectivity index (χ0v) is 15.6. The summed E-state index contributed by atoms with van der Waals surface area (Å²) in [6.07, 6.45) is 0.762. The van der Waals surface area contributed by atoms with Gasteiger partial charge in [0.15, 0.2) is 23.2 Å². The van der Waals surface area contributed by atoms with E-state index in [0.29, 0.717) is 23.7 Å². The number of Topliss-reactive ketones (excluding diaryl/α,β-unsaturated/α-hetero) is 1. The molecule has 0 amide bonds. The number of methoxy groups -OCH3 is 2. The fourth-order valence-electron chi connectivity index (χ4n) is 3.14. The van der Waals surface area contributed by atoms with Crippen molar-refractivity contribution in [3.05, 3.63) is 53.9 Å². The highest BCUT2D eigenvalue weighted by Gasteiger charge is 2.25. The maximum absolute atomic E-state index is 12.7. The molecular formula is C21H21N3O3. The fraction of sp³-hybridized carbons (Fsp3) is 0.286. The molecule has 0 N–H and O–H groups in total. The Morgan fingerprint density at radius 1 is 1.19 bits per heavy atom. The molecule has 0 spiro atoms. The molecule has 0 saturated carbocycles. The molecule has 1 aromatic heterocycles. The second-order valence-corrected chi connectivity index (χ2v) is 6.24. The van der Waals surface area contributed by atoms with Crippen molar-refractivity contribution in [3.63, 3.8) is 0 Å². The zero-order chi connectivity index (χ0) is 19.4. The van der Waals surface area contributed by atoms with Gasteiger partial charge in [-0.2, -0.15) is 5.26 Å². The summed E-state index contributed by atoms with van der Waals surface area (Å²) in [5.41, 5.74) is 2.63. The maximum Gasteiger partial charge on any atom is 0.162 e. The molecule has 2 aromatic carbocycles. The first-order valence-electron chi connectivity index (χ1n) is 8.63. The minimum absolute atomic E-state index is 0.148. The van der Waals surface area contributed by atoms with Crippen LogP contribution in [-0.2, 0) is 18.3 Å². The van der Waals surface area contributed by atoms with Crippen LogP contribution < -0.4 is 9.47 Å². The molecule has 0 aliphatic rings. The quantitative estimate of drug-likeness (QED) is 0.643. The van der Waals surface area contributed by atoms with Crippen LogP contribution in [0.2, 0.25) is 0 Å². The van der Waals surface area contributed by atoms with Crippen LogP contribution in [0.3, 0.4) is 0 Å². The van der Waals surface area contributed by atoms with Gasteiger partial charge in [0.05, 0.1) is 31.3 Å². The Bertz CT molecular complexity index is 1020. The third-order valence-electron chi connectivity index (χ3n) is 4.64. The van der Waals surface area contributed by atoms with E-state index < -0.39 is 5.92 Å². The van der Waals surface area contributed by atoms with E-state index in [0.717, 1.165) is 16.6 Å². The Hall–Kier alpha value is -3.33. The van der Waals surface area contributed by atoms with E-state index in [9.17, 15) is 10.1 Å². The standard InChI is InChI=1S/C21H21N3O3/c1-24-17-7-5-4-6-16(17)23-21(24)15(13-22)18(25)10-8-14-9-11-19(26-2)20(12-14)27-3/h4-7,9,11-12,15H,8,10H2,1-3H3. The first-order valence-corrected chi connectivity index (χ1v) is 8.63. The van der Waals surface area contributed by atoms with Gasteiger partial charge in [-0.25, -0.2) is 4.98 Å². The Kier molecular flexibility index (Phi) is 5.41. The molecule has 27 heavy (non-hydrogen) atoms. The van der Waals surface area contributed by atoms with Crippen LogP contribution in [-0.4, -0.2) is 29.6 Å². The van der Waals surface area contributed by atoms with Gasteiger partial charge in [0.25, 0.3) is 0 Å². The van der Waals surface area contributed by atoms with Crippen LogP contribution in [0.4, 0.5) is 0 Å². The van der Waals surface area contributed by atoms with Crippen molar-refractivity contribution in [2.45, 2.75) is 18.8 Å². The number of hydrogen-bond acceptors (Lipinski definition) is 5. The molecular weight excluding hydrogens is 342 g/mol. The number of para-hydroxylation sites is 2. The molecule has 1 unspecified atom stereocenters. The third kappa shape index (κ3) is 3.63. The molecule has 0 fully saturated rings. The van der Waals surface area contributed by atoms with Gasteiger partial charge < -0.3 is 14.0 Å². The van der Waals surface area contributed by atoms with Crippen molar-refractivity contribution in [1.82, 2.24) is 9.55 Å². The summed E-state index contributed by atoms with van der Waals surface area (Å²) in [6.45, 7) is 0. The Morgan fingerprint density at radius 2 is 1.93 bits per heavy atom. The Morgan fingerprint density at radius 3 is 2.59 bits per heavy atom. The van der Waals surface area contributed by atoms with Crippen molar-refractivity contribution in [2.75, 3.05) is 14.2 Å². The molecule has 1 heterocycles. The van der Waals surface area contributed by atoms with Crippen LogP contribution in [0.15, 0.2) is 42.5 Å². The number of carbonyl (C=O) groups is 1. The summed E-state index contributed by atoms with van der Waals surface area (Å²) >= 11 is 0. The monoisotopic (exact) mass is 363 g/mol. The lowest BCUT2D eigenvalue weighted by molar-refractivity contribution is -0.119. The molecule has 0 aliphatic heterocycles. The number of nitriles is 1. The number of ether oxygens (including phenoxy) is 2. The smallest absolute Gasteiger partial charge is 0.162 e. The number of aromatic nitrogens is 2. The zero-order valence-electron chi connectivity index (χ0n) is 15.6. The predicted molar refractivity (Wildman–Crippen MR) is 102 cm³/mol. The molecule has 3 rings (SSSR count). The SMILES string of the molecule is COc1ccc(CCC(=O)C(C#N)c2nc3ccccc3n2C)cc1OC. The number of fused-ring (bicyclic) bond motifs is 1. The predicted octanol–water partition coefficient (Wildman–Crippen LogP) is 3.40. The molecule has 1 atom stereocenters. The van der Waals surface area contributed by atoms with Crippen molar-refractivity contribution >= 4 is 16.8 Å². The van der Waals surface area contributed by atoms with E-state index in [-0.39, 0.29) is 12.2 Å². The second-order valence-electron chi connectivity index (χ2n) is 6.24. The highest BCUT2D eigenvalue weighted by Crippen LogP contribution is 2.28. The van der Waals surface area contributed by atoms with Crippen LogP contribution in [0.1, 0.15) is 23.7 Å². The molecule has 3 aromatic rings. The van der Waals surface area contributed by atoms with Crippen molar-refractivity contribution in [2.24, 2.45) is 7.05 Å². The minimum Gasteiger partial charge on any atom is -0.493 e. The number of aryl methyl sites for hydroxylation is 2. The normalized spacial score (nSPS) is 11.8. The van der Waals surface area contributed by atoms with E-state index in [1.54, 1.807) is 14.2 Å². The van der Waals surface area contributed by atoms with Crippen LogP contribution in [0.5, 0.6) is 11.5 Å². The molecule has 0 radical (unpaired) electrons.